The second kappa shape index (κ2) is 6.36. The normalized spacial score (nSPS) is 12.9. The summed E-state index contributed by atoms with van der Waals surface area (Å²) >= 11 is 3.41. The number of nitrogens with zero attached hydrogens (tertiary/aromatic N) is 1. The van der Waals surface area contributed by atoms with Crippen LogP contribution in [0.4, 0.5) is 0 Å². The minimum Gasteiger partial charge on any atom is -0.488 e. The Morgan fingerprint density at radius 1 is 1.18 bits per heavy atom. The Bertz CT molecular complexity index is 722. The average Bonchev–Trinajstić information content (AvgIpc) is 2.55. The van der Waals surface area contributed by atoms with Gasteiger partial charge in [0.25, 0.3) is 5.91 Å². The molecule has 4 heteroatoms. The Kier molecular flexibility index (Phi) is 4.29. The van der Waals surface area contributed by atoms with E-state index in [1.165, 1.54) is 0 Å². The third-order valence-electron chi connectivity index (χ3n) is 3.59. The Morgan fingerprint density at radius 2 is 1.91 bits per heavy atom. The van der Waals surface area contributed by atoms with Crippen molar-refractivity contribution < 1.29 is 9.53 Å². The van der Waals surface area contributed by atoms with Crippen LogP contribution in [0.25, 0.3) is 6.08 Å². The van der Waals surface area contributed by atoms with E-state index in [2.05, 4.69) is 15.9 Å². The first-order valence-electron chi connectivity index (χ1n) is 7.06. The lowest BCUT2D eigenvalue weighted by molar-refractivity contribution is -0.126. The summed E-state index contributed by atoms with van der Waals surface area (Å²) in [7, 11) is 1.81. The van der Waals surface area contributed by atoms with Gasteiger partial charge in [0.05, 0.1) is 5.57 Å². The number of carbonyl (C=O) groups is 1. The third-order valence-corrected chi connectivity index (χ3v) is 4.11. The lowest BCUT2D eigenvalue weighted by Crippen LogP contribution is -2.30. The summed E-state index contributed by atoms with van der Waals surface area (Å²) in [4.78, 5) is 14.3. The molecule has 2 aromatic rings. The van der Waals surface area contributed by atoms with Gasteiger partial charge in [-0.05, 0) is 29.8 Å². The smallest absolute Gasteiger partial charge is 0.253 e. The van der Waals surface area contributed by atoms with Crippen molar-refractivity contribution in [3.8, 4) is 5.75 Å². The average molecular weight is 358 g/mol. The highest BCUT2D eigenvalue weighted by Gasteiger charge is 2.20. The topological polar surface area (TPSA) is 29.5 Å². The molecule has 0 saturated heterocycles. The molecule has 0 atom stereocenters. The number of para-hydroxylation sites is 1. The van der Waals surface area contributed by atoms with Crippen LogP contribution in [0.5, 0.6) is 5.75 Å². The molecule has 3 rings (SSSR count). The third kappa shape index (κ3) is 3.22. The number of amides is 1. The van der Waals surface area contributed by atoms with Crippen molar-refractivity contribution in [1.29, 1.82) is 0 Å². The van der Waals surface area contributed by atoms with Gasteiger partial charge in [-0.2, -0.15) is 0 Å². The number of ether oxygens (including phenoxy) is 1. The van der Waals surface area contributed by atoms with Gasteiger partial charge in [0.1, 0.15) is 12.4 Å². The number of rotatable bonds is 3. The molecule has 0 unspecified atom stereocenters. The first-order chi connectivity index (χ1) is 10.6. The molecule has 0 N–H and O–H groups in total. The van der Waals surface area contributed by atoms with Crippen molar-refractivity contribution in [2.45, 2.75) is 6.54 Å². The monoisotopic (exact) mass is 357 g/mol. The molecule has 0 aliphatic carbocycles. The molecular weight excluding hydrogens is 342 g/mol. The van der Waals surface area contributed by atoms with Gasteiger partial charge in [-0.15, -0.1) is 0 Å². The summed E-state index contributed by atoms with van der Waals surface area (Å²) in [5.41, 5.74) is 2.73. The molecular formula is C18H16BrNO2. The molecule has 112 valence electrons. The number of benzene rings is 2. The maximum atomic E-state index is 12.5. The van der Waals surface area contributed by atoms with Crippen LogP contribution < -0.4 is 4.74 Å². The van der Waals surface area contributed by atoms with E-state index in [1.807, 2.05) is 61.7 Å². The van der Waals surface area contributed by atoms with Crippen LogP contribution in [0.15, 0.2) is 58.6 Å². The standard InChI is InChI=1S/C18H16BrNO2/c1-20(11-13-6-8-16(19)9-7-13)18(21)15-10-14-4-2-3-5-17(14)22-12-15/h2-10H,11-12H2,1H3. The molecule has 0 spiro atoms. The van der Waals surface area contributed by atoms with E-state index in [0.717, 1.165) is 21.3 Å². The molecule has 1 aliphatic rings. The van der Waals surface area contributed by atoms with Crippen LogP contribution in [0, 0.1) is 0 Å². The molecule has 0 radical (unpaired) electrons. The van der Waals surface area contributed by atoms with Crippen LogP contribution >= 0.6 is 15.9 Å². The fourth-order valence-electron chi connectivity index (χ4n) is 2.42. The van der Waals surface area contributed by atoms with Crippen LogP contribution in [0.1, 0.15) is 11.1 Å². The van der Waals surface area contributed by atoms with Gasteiger partial charge in [-0.1, -0.05) is 46.3 Å². The molecule has 0 fully saturated rings. The Morgan fingerprint density at radius 3 is 2.68 bits per heavy atom. The van der Waals surface area contributed by atoms with Crippen molar-refractivity contribution in [2.24, 2.45) is 0 Å². The molecule has 1 heterocycles. The van der Waals surface area contributed by atoms with E-state index >= 15 is 0 Å². The fraction of sp³-hybridized carbons (Fsp3) is 0.167. The van der Waals surface area contributed by atoms with Gasteiger partial charge in [-0.3, -0.25) is 4.79 Å². The van der Waals surface area contributed by atoms with Crippen LogP contribution in [0.3, 0.4) is 0 Å². The molecule has 3 nitrogen and oxygen atoms in total. The van der Waals surface area contributed by atoms with E-state index in [4.69, 9.17) is 4.74 Å². The zero-order valence-corrected chi connectivity index (χ0v) is 13.8. The molecule has 0 saturated carbocycles. The molecule has 22 heavy (non-hydrogen) atoms. The number of hydrogen-bond acceptors (Lipinski definition) is 2. The number of fused-ring (bicyclic) bond motifs is 1. The van der Waals surface area contributed by atoms with Crippen LogP contribution in [0.2, 0.25) is 0 Å². The summed E-state index contributed by atoms with van der Waals surface area (Å²) in [6.07, 6.45) is 1.92. The summed E-state index contributed by atoms with van der Waals surface area (Å²) in [5.74, 6) is 0.826. The predicted octanol–water partition coefficient (Wildman–Crippen LogP) is 3.88. The van der Waals surface area contributed by atoms with Crippen molar-refractivity contribution in [3.05, 3.63) is 69.7 Å². The van der Waals surface area contributed by atoms with Crippen molar-refractivity contribution in [2.75, 3.05) is 13.7 Å². The second-order valence-electron chi connectivity index (χ2n) is 5.28. The maximum absolute atomic E-state index is 12.5. The van der Waals surface area contributed by atoms with Gasteiger partial charge < -0.3 is 9.64 Å². The predicted molar refractivity (Wildman–Crippen MR) is 90.5 cm³/mol. The first kappa shape index (κ1) is 14.9. The SMILES string of the molecule is CN(Cc1ccc(Br)cc1)C(=O)C1=Cc2ccccc2OC1. The zero-order valence-electron chi connectivity index (χ0n) is 12.3. The molecule has 2 aromatic carbocycles. The van der Waals surface area contributed by atoms with Gasteiger partial charge >= 0.3 is 0 Å². The van der Waals surface area contributed by atoms with Gasteiger partial charge in [0, 0.05) is 23.6 Å². The largest absolute Gasteiger partial charge is 0.488 e. The van der Waals surface area contributed by atoms with Gasteiger partial charge in [0.15, 0.2) is 0 Å². The lowest BCUT2D eigenvalue weighted by Gasteiger charge is -2.22. The lowest BCUT2D eigenvalue weighted by atomic mass is 10.1. The summed E-state index contributed by atoms with van der Waals surface area (Å²) in [5, 5.41) is 0. The molecule has 1 amide bonds. The summed E-state index contributed by atoms with van der Waals surface area (Å²) in [6.45, 7) is 0.894. The minimum atomic E-state index is -0.00239. The van der Waals surface area contributed by atoms with Crippen molar-refractivity contribution in [3.63, 3.8) is 0 Å². The van der Waals surface area contributed by atoms with Crippen molar-refractivity contribution >= 4 is 27.9 Å². The quantitative estimate of drug-likeness (QED) is 0.833. The van der Waals surface area contributed by atoms with E-state index < -0.39 is 0 Å². The van der Waals surface area contributed by atoms with E-state index in [1.54, 1.807) is 4.90 Å². The van der Waals surface area contributed by atoms with Gasteiger partial charge in [0.2, 0.25) is 0 Å². The second-order valence-corrected chi connectivity index (χ2v) is 6.20. The minimum absolute atomic E-state index is 0.00239. The van der Waals surface area contributed by atoms with E-state index in [-0.39, 0.29) is 5.91 Å². The van der Waals surface area contributed by atoms with Crippen molar-refractivity contribution in [1.82, 2.24) is 4.90 Å². The summed E-state index contributed by atoms with van der Waals surface area (Å²) < 4.78 is 6.68. The number of likely N-dealkylation sites (N-methyl/N-ethyl adjacent to an activating group) is 1. The van der Waals surface area contributed by atoms with Crippen LogP contribution in [-0.4, -0.2) is 24.5 Å². The first-order valence-corrected chi connectivity index (χ1v) is 7.85. The number of hydrogen-bond donors (Lipinski definition) is 0. The maximum Gasteiger partial charge on any atom is 0.253 e. The molecule has 1 aliphatic heterocycles. The van der Waals surface area contributed by atoms with Crippen LogP contribution in [-0.2, 0) is 11.3 Å². The highest BCUT2D eigenvalue weighted by Crippen LogP contribution is 2.26. The Labute approximate surface area is 138 Å². The number of halogens is 1. The Balaban J connectivity index is 1.74. The molecule has 0 bridgehead atoms. The van der Waals surface area contributed by atoms with E-state index in [9.17, 15) is 4.79 Å². The highest BCUT2D eigenvalue weighted by molar-refractivity contribution is 9.10. The zero-order chi connectivity index (χ0) is 15.5. The van der Waals surface area contributed by atoms with E-state index in [0.29, 0.717) is 18.7 Å². The summed E-state index contributed by atoms with van der Waals surface area (Å²) in [6, 6.07) is 15.7. The highest BCUT2D eigenvalue weighted by atomic mass is 79.9. The van der Waals surface area contributed by atoms with Gasteiger partial charge in [-0.25, -0.2) is 0 Å². The fourth-order valence-corrected chi connectivity index (χ4v) is 2.68. The number of carbonyl (C=O) groups excluding carboxylic acids is 1. The molecule has 0 aromatic heterocycles. The Hall–Kier alpha value is -2.07.